The Bertz CT molecular complexity index is 563. The predicted molar refractivity (Wildman–Crippen MR) is 66.2 cm³/mol. The van der Waals surface area contributed by atoms with Gasteiger partial charge in [0, 0.05) is 11.8 Å². The zero-order valence-corrected chi connectivity index (χ0v) is 9.45. The molecule has 0 bridgehead atoms. The van der Waals surface area contributed by atoms with E-state index in [0.29, 0.717) is 5.69 Å². The van der Waals surface area contributed by atoms with Gasteiger partial charge in [0.15, 0.2) is 6.54 Å². The summed E-state index contributed by atoms with van der Waals surface area (Å²) < 4.78 is 1.29. The number of hydrogen-bond acceptors (Lipinski definition) is 3. The highest BCUT2D eigenvalue weighted by molar-refractivity contribution is 5.90. The van der Waals surface area contributed by atoms with Crippen LogP contribution < -0.4 is 5.32 Å². The molecule has 0 saturated heterocycles. The number of carbonyl (C=O) groups is 1. The van der Waals surface area contributed by atoms with Crippen LogP contribution >= 0.6 is 0 Å². The van der Waals surface area contributed by atoms with Crippen LogP contribution in [0.5, 0.6) is 0 Å². The number of aromatic nitrogens is 1. The number of amides is 1. The molecule has 6 heteroatoms. The average molecular weight is 245 g/mol. The normalized spacial score (nSPS) is 10.0. The SMILES string of the molecule is O=C(Cn1cccc1[N+](=O)[O-])Nc1ccccc1. The van der Waals surface area contributed by atoms with Gasteiger partial charge in [0.25, 0.3) is 5.91 Å². The molecular formula is C12H11N3O3. The van der Waals surface area contributed by atoms with Gasteiger partial charge in [0.2, 0.25) is 0 Å². The fraction of sp³-hybridized carbons (Fsp3) is 0.0833. The summed E-state index contributed by atoms with van der Waals surface area (Å²) in [5.74, 6) is -0.404. The first-order valence-electron chi connectivity index (χ1n) is 5.31. The lowest BCUT2D eigenvalue weighted by molar-refractivity contribution is -0.391. The van der Waals surface area contributed by atoms with Crippen molar-refractivity contribution in [3.05, 3.63) is 58.8 Å². The van der Waals surface area contributed by atoms with Crippen molar-refractivity contribution < 1.29 is 9.72 Å². The zero-order valence-electron chi connectivity index (χ0n) is 9.45. The number of benzene rings is 1. The third-order valence-corrected chi connectivity index (χ3v) is 2.36. The van der Waals surface area contributed by atoms with Gasteiger partial charge in [0.1, 0.15) is 0 Å². The lowest BCUT2D eigenvalue weighted by Gasteiger charge is -2.04. The highest BCUT2D eigenvalue weighted by atomic mass is 16.6. The van der Waals surface area contributed by atoms with Gasteiger partial charge >= 0.3 is 5.82 Å². The molecular weight excluding hydrogens is 234 g/mol. The molecule has 0 aliphatic heterocycles. The number of nitro groups is 1. The third-order valence-electron chi connectivity index (χ3n) is 2.36. The Morgan fingerprint density at radius 1 is 1.22 bits per heavy atom. The molecule has 1 aromatic carbocycles. The van der Waals surface area contributed by atoms with Crippen LogP contribution in [0, 0.1) is 10.1 Å². The second-order valence-electron chi connectivity index (χ2n) is 3.67. The van der Waals surface area contributed by atoms with Crippen molar-refractivity contribution >= 4 is 17.4 Å². The maximum atomic E-state index is 11.7. The molecule has 2 rings (SSSR count). The van der Waals surface area contributed by atoms with Gasteiger partial charge in [-0.15, -0.1) is 0 Å². The van der Waals surface area contributed by atoms with E-state index in [1.54, 1.807) is 24.3 Å². The number of rotatable bonds is 4. The molecule has 0 aliphatic carbocycles. The average Bonchev–Trinajstić information content (AvgIpc) is 2.78. The van der Waals surface area contributed by atoms with Gasteiger partial charge in [-0.3, -0.25) is 4.79 Å². The Morgan fingerprint density at radius 3 is 2.61 bits per heavy atom. The lowest BCUT2D eigenvalue weighted by Crippen LogP contribution is -2.19. The number of para-hydroxylation sites is 1. The molecule has 1 heterocycles. The molecule has 0 radical (unpaired) electrons. The van der Waals surface area contributed by atoms with E-state index in [1.165, 1.54) is 22.9 Å². The molecule has 18 heavy (non-hydrogen) atoms. The first kappa shape index (κ1) is 11.8. The molecule has 92 valence electrons. The van der Waals surface area contributed by atoms with Gasteiger partial charge < -0.3 is 15.4 Å². The van der Waals surface area contributed by atoms with Crippen molar-refractivity contribution in [3.8, 4) is 0 Å². The Labute approximate surface area is 103 Å². The highest BCUT2D eigenvalue weighted by Gasteiger charge is 2.14. The molecule has 0 aliphatic rings. The van der Waals surface area contributed by atoms with Crippen molar-refractivity contribution in [1.82, 2.24) is 4.57 Å². The van der Waals surface area contributed by atoms with Crippen LogP contribution in [0.1, 0.15) is 0 Å². The van der Waals surface area contributed by atoms with E-state index in [2.05, 4.69) is 5.32 Å². The largest absolute Gasteiger partial charge is 0.358 e. The fourth-order valence-corrected chi connectivity index (χ4v) is 1.58. The van der Waals surface area contributed by atoms with Crippen molar-refractivity contribution in [3.63, 3.8) is 0 Å². The van der Waals surface area contributed by atoms with Gasteiger partial charge in [-0.05, 0) is 23.1 Å². The summed E-state index contributed by atoms with van der Waals surface area (Å²) in [6, 6.07) is 11.8. The second kappa shape index (κ2) is 5.13. The monoisotopic (exact) mass is 245 g/mol. The minimum absolute atomic E-state index is 0.0851. The summed E-state index contributed by atoms with van der Waals surface area (Å²) in [4.78, 5) is 21.9. The molecule has 0 unspecified atom stereocenters. The van der Waals surface area contributed by atoms with E-state index >= 15 is 0 Å². The number of carbonyl (C=O) groups excluding carboxylic acids is 1. The van der Waals surface area contributed by atoms with Crippen molar-refractivity contribution in [2.24, 2.45) is 0 Å². The Kier molecular flexibility index (Phi) is 3.38. The summed E-state index contributed by atoms with van der Waals surface area (Å²) in [6.07, 6.45) is 1.50. The minimum Gasteiger partial charge on any atom is -0.358 e. The van der Waals surface area contributed by atoms with Crippen LogP contribution in [0.15, 0.2) is 48.7 Å². The lowest BCUT2D eigenvalue weighted by atomic mass is 10.3. The van der Waals surface area contributed by atoms with Gasteiger partial charge in [-0.1, -0.05) is 18.2 Å². The van der Waals surface area contributed by atoms with E-state index in [4.69, 9.17) is 0 Å². The summed E-state index contributed by atoms with van der Waals surface area (Å²) in [5, 5.41) is 13.3. The van der Waals surface area contributed by atoms with Crippen LogP contribution in [-0.4, -0.2) is 15.4 Å². The maximum Gasteiger partial charge on any atom is 0.323 e. The Hall–Kier alpha value is -2.63. The number of anilines is 1. The Morgan fingerprint density at radius 2 is 1.94 bits per heavy atom. The van der Waals surface area contributed by atoms with E-state index in [-0.39, 0.29) is 18.3 Å². The zero-order chi connectivity index (χ0) is 13.0. The predicted octanol–water partition coefficient (Wildman–Crippen LogP) is 2.04. The van der Waals surface area contributed by atoms with Crippen LogP contribution in [-0.2, 0) is 11.3 Å². The standard InChI is InChI=1S/C12H11N3O3/c16-11(13-10-5-2-1-3-6-10)9-14-8-4-7-12(14)15(17)18/h1-8H,9H2,(H,13,16). The van der Waals surface area contributed by atoms with Gasteiger partial charge in [-0.25, -0.2) is 4.57 Å². The smallest absolute Gasteiger partial charge is 0.323 e. The number of nitrogens with zero attached hydrogens (tertiary/aromatic N) is 2. The van der Waals surface area contributed by atoms with E-state index in [1.807, 2.05) is 6.07 Å². The van der Waals surface area contributed by atoms with E-state index < -0.39 is 4.92 Å². The van der Waals surface area contributed by atoms with Crippen LogP contribution in [0.3, 0.4) is 0 Å². The summed E-state index contributed by atoms with van der Waals surface area (Å²) >= 11 is 0. The number of nitrogens with one attached hydrogen (secondary N) is 1. The molecule has 1 aromatic heterocycles. The topological polar surface area (TPSA) is 77.2 Å². The highest BCUT2D eigenvalue weighted by Crippen LogP contribution is 2.12. The van der Waals surface area contributed by atoms with Crippen LogP contribution in [0.25, 0.3) is 0 Å². The van der Waals surface area contributed by atoms with Crippen LogP contribution in [0.4, 0.5) is 11.5 Å². The number of hydrogen-bond donors (Lipinski definition) is 1. The van der Waals surface area contributed by atoms with Crippen LogP contribution in [0.2, 0.25) is 0 Å². The van der Waals surface area contributed by atoms with E-state index in [9.17, 15) is 14.9 Å². The molecule has 2 aromatic rings. The molecule has 0 atom stereocenters. The first-order chi connectivity index (χ1) is 8.66. The fourth-order valence-electron chi connectivity index (χ4n) is 1.58. The quantitative estimate of drug-likeness (QED) is 0.661. The molecule has 6 nitrogen and oxygen atoms in total. The Balaban J connectivity index is 2.04. The third kappa shape index (κ3) is 2.73. The van der Waals surface area contributed by atoms with Gasteiger partial charge in [-0.2, -0.15) is 0 Å². The molecule has 0 fully saturated rings. The van der Waals surface area contributed by atoms with Crippen molar-refractivity contribution in [1.29, 1.82) is 0 Å². The summed E-state index contributed by atoms with van der Waals surface area (Å²) in [6.45, 7) is -0.0851. The van der Waals surface area contributed by atoms with E-state index in [0.717, 1.165) is 0 Å². The molecule has 0 spiro atoms. The molecule has 1 N–H and O–H groups in total. The molecule has 1 amide bonds. The van der Waals surface area contributed by atoms with Crippen molar-refractivity contribution in [2.75, 3.05) is 5.32 Å². The summed E-state index contributed by atoms with van der Waals surface area (Å²) in [7, 11) is 0. The van der Waals surface area contributed by atoms with Gasteiger partial charge in [0.05, 0.1) is 6.20 Å². The first-order valence-corrected chi connectivity index (χ1v) is 5.31. The second-order valence-corrected chi connectivity index (χ2v) is 3.67. The van der Waals surface area contributed by atoms with Crippen molar-refractivity contribution in [2.45, 2.75) is 6.54 Å². The summed E-state index contributed by atoms with van der Waals surface area (Å²) in [5.41, 5.74) is 0.664. The molecule has 0 saturated carbocycles. The minimum atomic E-state index is -0.518. The maximum absolute atomic E-state index is 11.7.